The lowest BCUT2D eigenvalue weighted by Crippen LogP contribution is -2.40. The second kappa shape index (κ2) is 6.15. The van der Waals surface area contributed by atoms with Gasteiger partial charge in [0.05, 0.1) is 6.61 Å². The summed E-state index contributed by atoms with van der Waals surface area (Å²) >= 11 is 0. The van der Waals surface area contributed by atoms with E-state index in [0.717, 1.165) is 12.1 Å². The summed E-state index contributed by atoms with van der Waals surface area (Å²) in [6.07, 6.45) is 2.46. The number of piperidine rings is 1. The van der Waals surface area contributed by atoms with Gasteiger partial charge in [0, 0.05) is 12.6 Å². The van der Waals surface area contributed by atoms with Crippen molar-refractivity contribution in [1.29, 1.82) is 0 Å². The van der Waals surface area contributed by atoms with E-state index in [0.29, 0.717) is 6.04 Å². The molecule has 1 aromatic carbocycles. The van der Waals surface area contributed by atoms with Crippen molar-refractivity contribution in [2.45, 2.75) is 32.0 Å². The Morgan fingerprint density at radius 3 is 2.71 bits per heavy atom. The van der Waals surface area contributed by atoms with Crippen LogP contribution in [0.4, 0.5) is 0 Å². The van der Waals surface area contributed by atoms with Crippen LogP contribution in [-0.2, 0) is 13.2 Å². The van der Waals surface area contributed by atoms with Gasteiger partial charge in [-0.3, -0.25) is 0 Å². The largest absolute Gasteiger partial charge is 0.392 e. The fourth-order valence-electron chi connectivity index (χ4n) is 2.31. The molecular weight excluding hydrogens is 212 g/mol. The molecule has 0 atom stereocenters. The summed E-state index contributed by atoms with van der Waals surface area (Å²) in [5, 5.41) is 12.7. The van der Waals surface area contributed by atoms with E-state index < -0.39 is 0 Å². The van der Waals surface area contributed by atoms with Crippen LogP contribution in [0.5, 0.6) is 0 Å². The van der Waals surface area contributed by atoms with E-state index in [4.69, 9.17) is 5.11 Å². The first-order valence-corrected chi connectivity index (χ1v) is 6.38. The van der Waals surface area contributed by atoms with Gasteiger partial charge in [-0.25, -0.2) is 0 Å². The molecule has 1 fully saturated rings. The lowest BCUT2D eigenvalue weighted by molar-refractivity contribution is 0.234. The molecule has 17 heavy (non-hydrogen) atoms. The van der Waals surface area contributed by atoms with Gasteiger partial charge in [-0.05, 0) is 44.1 Å². The number of aliphatic hydroxyl groups is 1. The normalized spacial score (nSPS) is 18.5. The molecule has 94 valence electrons. The van der Waals surface area contributed by atoms with Gasteiger partial charge in [0.15, 0.2) is 0 Å². The lowest BCUT2D eigenvalue weighted by atomic mass is 10.0. The summed E-state index contributed by atoms with van der Waals surface area (Å²) < 4.78 is 0. The Balaban J connectivity index is 1.81. The summed E-state index contributed by atoms with van der Waals surface area (Å²) in [4.78, 5) is 2.38. The van der Waals surface area contributed by atoms with Gasteiger partial charge in [0.1, 0.15) is 0 Å². The third kappa shape index (κ3) is 3.80. The van der Waals surface area contributed by atoms with E-state index in [2.05, 4.69) is 29.4 Å². The zero-order valence-electron chi connectivity index (χ0n) is 10.5. The fourth-order valence-corrected chi connectivity index (χ4v) is 2.31. The highest BCUT2D eigenvalue weighted by atomic mass is 16.3. The smallest absolute Gasteiger partial charge is 0.0681 e. The summed E-state index contributed by atoms with van der Waals surface area (Å²) in [6, 6.07) is 8.79. The SMILES string of the molecule is CN1CCC(NCc2cccc(CO)c2)CC1. The molecule has 0 radical (unpaired) electrons. The highest BCUT2D eigenvalue weighted by Gasteiger charge is 2.15. The molecule has 0 aliphatic carbocycles. The van der Waals surface area contributed by atoms with E-state index >= 15 is 0 Å². The van der Waals surface area contributed by atoms with Crippen molar-refractivity contribution in [3.05, 3.63) is 35.4 Å². The van der Waals surface area contributed by atoms with Crippen molar-refractivity contribution in [3.63, 3.8) is 0 Å². The second-order valence-corrected chi connectivity index (χ2v) is 4.94. The van der Waals surface area contributed by atoms with Gasteiger partial charge in [-0.15, -0.1) is 0 Å². The molecule has 2 N–H and O–H groups in total. The molecule has 0 unspecified atom stereocenters. The van der Waals surface area contributed by atoms with Gasteiger partial charge >= 0.3 is 0 Å². The van der Waals surface area contributed by atoms with Crippen LogP contribution in [0.3, 0.4) is 0 Å². The molecule has 1 aliphatic heterocycles. The Morgan fingerprint density at radius 1 is 1.29 bits per heavy atom. The standard InChI is InChI=1S/C14H22N2O/c1-16-7-5-14(6-8-16)15-10-12-3-2-4-13(9-12)11-17/h2-4,9,14-15,17H,5-8,10-11H2,1H3. The average Bonchev–Trinajstić information content (AvgIpc) is 2.38. The van der Waals surface area contributed by atoms with Gasteiger partial charge in [0.25, 0.3) is 0 Å². The van der Waals surface area contributed by atoms with E-state index in [9.17, 15) is 0 Å². The summed E-state index contributed by atoms with van der Waals surface area (Å²) in [5.74, 6) is 0. The summed E-state index contributed by atoms with van der Waals surface area (Å²) in [7, 11) is 2.18. The van der Waals surface area contributed by atoms with Gasteiger partial charge in [-0.1, -0.05) is 24.3 Å². The minimum Gasteiger partial charge on any atom is -0.392 e. The van der Waals surface area contributed by atoms with Crippen LogP contribution in [0.15, 0.2) is 24.3 Å². The van der Waals surface area contributed by atoms with Crippen LogP contribution in [0.2, 0.25) is 0 Å². The number of aliphatic hydroxyl groups excluding tert-OH is 1. The molecular formula is C14H22N2O. The first-order chi connectivity index (χ1) is 8.28. The first kappa shape index (κ1) is 12.6. The Labute approximate surface area is 103 Å². The molecule has 1 saturated heterocycles. The van der Waals surface area contributed by atoms with Crippen molar-refractivity contribution in [3.8, 4) is 0 Å². The third-order valence-corrected chi connectivity index (χ3v) is 3.49. The molecule has 3 heteroatoms. The predicted octanol–water partition coefficient (Wildman–Crippen LogP) is 1.36. The van der Waals surface area contributed by atoms with Crippen LogP contribution in [0, 0.1) is 0 Å². The monoisotopic (exact) mass is 234 g/mol. The number of nitrogens with one attached hydrogen (secondary N) is 1. The highest BCUT2D eigenvalue weighted by Crippen LogP contribution is 2.10. The topological polar surface area (TPSA) is 35.5 Å². The number of nitrogens with zero attached hydrogens (tertiary/aromatic N) is 1. The molecule has 0 spiro atoms. The maximum absolute atomic E-state index is 9.08. The fraction of sp³-hybridized carbons (Fsp3) is 0.571. The molecule has 1 aliphatic rings. The number of rotatable bonds is 4. The van der Waals surface area contributed by atoms with Crippen LogP contribution < -0.4 is 5.32 Å². The zero-order chi connectivity index (χ0) is 12.1. The Morgan fingerprint density at radius 2 is 2.00 bits per heavy atom. The van der Waals surface area contributed by atoms with Crippen LogP contribution >= 0.6 is 0 Å². The average molecular weight is 234 g/mol. The van der Waals surface area contributed by atoms with E-state index in [1.165, 1.54) is 31.5 Å². The Kier molecular flexibility index (Phi) is 4.54. The first-order valence-electron chi connectivity index (χ1n) is 6.38. The van der Waals surface area contributed by atoms with Crippen molar-refractivity contribution in [2.24, 2.45) is 0 Å². The van der Waals surface area contributed by atoms with Gasteiger partial charge in [0.2, 0.25) is 0 Å². The van der Waals surface area contributed by atoms with Crippen LogP contribution in [0.1, 0.15) is 24.0 Å². The Hall–Kier alpha value is -0.900. The molecule has 1 aromatic rings. The summed E-state index contributed by atoms with van der Waals surface area (Å²) in [6.45, 7) is 3.41. The molecule has 0 aromatic heterocycles. The van der Waals surface area contributed by atoms with E-state index in [1.54, 1.807) is 0 Å². The maximum atomic E-state index is 9.08. The van der Waals surface area contributed by atoms with Gasteiger partial charge in [-0.2, -0.15) is 0 Å². The Bertz CT molecular complexity index is 346. The third-order valence-electron chi connectivity index (χ3n) is 3.49. The lowest BCUT2D eigenvalue weighted by Gasteiger charge is -2.29. The quantitative estimate of drug-likeness (QED) is 0.826. The molecule has 0 saturated carbocycles. The number of hydrogen-bond acceptors (Lipinski definition) is 3. The van der Waals surface area contributed by atoms with Crippen LogP contribution in [0.25, 0.3) is 0 Å². The molecule has 3 nitrogen and oxygen atoms in total. The molecule has 1 heterocycles. The van der Waals surface area contributed by atoms with Crippen molar-refractivity contribution in [1.82, 2.24) is 10.2 Å². The highest BCUT2D eigenvalue weighted by molar-refractivity contribution is 5.22. The van der Waals surface area contributed by atoms with Crippen molar-refractivity contribution >= 4 is 0 Å². The van der Waals surface area contributed by atoms with E-state index in [1.807, 2.05) is 12.1 Å². The number of likely N-dealkylation sites (tertiary alicyclic amines) is 1. The molecule has 0 amide bonds. The van der Waals surface area contributed by atoms with Crippen molar-refractivity contribution in [2.75, 3.05) is 20.1 Å². The van der Waals surface area contributed by atoms with Crippen LogP contribution in [-0.4, -0.2) is 36.2 Å². The van der Waals surface area contributed by atoms with Gasteiger partial charge < -0.3 is 15.3 Å². The minimum atomic E-state index is 0.127. The van der Waals surface area contributed by atoms with E-state index in [-0.39, 0.29) is 6.61 Å². The minimum absolute atomic E-state index is 0.127. The zero-order valence-corrected chi connectivity index (χ0v) is 10.5. The number of benzene rings is 1. The molecule has 2 rings (SSSR count). The number of hydrogen-bond donors (Lipinski definition) is 2. The second-order valence-electron chi connectivity index (χ2n) is 4.94. The maximum Gasteiger partial charge on any atom is 0.0681 e. The molecule has 0 bridgehead atoms. The summed E-state index contributed by atoms with van der Waals surface area (Å²) in [5.41, 5.74) is 2.25. The van der Waals surface area contributed by atoms with Crippen molar-refractivity contribution < 1.29 is 5.11 Å². The predicted molar refractivity (Wildman–Crippen MR) is 69.7 cm³/mol.